The van der Waals surface area contributed by atoms with Gasteiger partial charge in [0.25, 0.3) is 5.91 Å². The summed E-state index contributed by atoms with van der Waals surface area (Å²) in [6.07, 6.45) is 0.00108. The zero-order chi connectivity index (χ0) is 21.0. The van der Waals surface area contributed by atoms with E-state index in [1.807, 2.05) is 20.0 Å². The molecule has 0 fully saturated rings. The van der Waals surface area contributed by atoms with Gasteiger partial charge in [-0.15, -0.1) is 0 Å². The molecular formula is C21H21F2N5O. The van der Waals surface area contributed by atoms with Crippen LogP contribution in [0.4, 0.5) is 8.78 Å². The highest BCUT2D eigenvalue weighted by molar-refractivity contribution is 6.03. The molecule has 1 N–H and O–H groups in total. The predicted octanol–water partition coefficient (Wildman–Crippen LogP) is 3.98. The van der Waals surface area contributed by atoms with Crippen molar-refractivity contribution < 1.29 is 13.6 Å². The van der Waals surface area contributed by atoms with Crippen molar-refractivity contribution in [3.8, 4) is 17.2 Å². The second kappa shape index (κ2) is 8.78. The van der Waals surface area contributed by atoms with E-state index in [0.29, 0.717) is 23.9 Å². The van der Waals surface area contributed by atoms with Crippen LogP contribution in [0.1, 0.15) is 41.0 Å². The average Bonchev–Trinajstić information content (AvgIpc) is 3.04. The molecule has 2 aromatic heterocycles. The number of carbonyl (C=O) groups is 1. The fourth-order valence-corrected chi connectivity index (χ4v) is 3.16. The van der Waals surface area contributed by atoms with Gasteiger partial charge in [-0.2, -0.15) is 10.4 Å². The van der Waals surface area contributed by atoms with Gasteiger partial charge in [0, 0.05) is 36.7 Å². The lowest BCUT2D eigenvalue weighted by molar-refractivity contribution is 0.0947. The molecule has 0 aliphatic heterocycles. The summed E-state index contributed by atoms with van der Waals surface area (Å²) in [6, 6.07) is 9.09. The fourth-order valence-electron chi connectivity index (χ4n) is 3.16. The number of amides is 1. The Balaban J connectivity index is 1.97. The fraction of sp³-hybridized carbons (Fsp3) is 0.333. The minimum atomic E-state index is -2.33. The van der Waals surface area contributed by atoms with Gasteiger partial charge in [0.1, 0.15) is 11.8 Å². The van der Waals surface area contributed by atoms with Crippen LogP contribution in [0.3, 0.4) is 0 Å². The van der Waals surface area contributed by atoms with Gasteiger partial charge < -0.3 is 5.32 Å². The van der Waals surface area contributed by atoms with E-state index in [9.17, 15) is 18.8 Å². The number of nitrogens with one attached hydrogen (secondary N) is 1. The molecule has 2 heterocycles. The lowest BCUT2D eigenvalue weighted by Crippen LogP contribution is -2.25. The summed E-state index contributed by atoms with van der Waals surface area (Å²) in [5.74, 6) is -0.403. The molecule has 8 heteroatoms. The van der Waals surface area contributed by atoms with Crippen molar-refractivity contribution >= 4 is 16.8 Å². The summed E-state index contributed by atoms with van der Waals surface area (Å²) in [7, 11) is 1.83. The van der Waals surface area contributed by atoms with Gasteiger partial charge in [0.05, 0.1) is 17.3 Å². The molecule has 0 atom stereocenters. The largest absolute Gasteiger partial charge is 0.351 e. The Morgan fingerprint density at radius 3 is 2.76 bits per heavy atom. The highest BCUT2D eigenvalue weighted by Crippen LogP contribution is 2.32. The molecule has 0 spiro atoms. The Morgan fingerprint density at radius 2 is 2.10 bits per heavy atom. The van der Waals surface area contributed by atoms with E-state index in [0.717, 1.165) is 22.2 Å². The molecule has 150 valence electrons. The molecule has 0 aliphatic carbocycles. The van der Waals surface area contributed by atoms with Crippen molar-refractivity contribution in [3.05, 3.63) is 47.4 Å². The minimum absolute atomic E-state index is 0.173. The number of aromatic nitrogens is 3. The number of unbranched alkanes of at least 4 members (excludes halogenated alkanes) is 1. The molecule has 0 aliphatic rings. The number of aryl methyl sites for hydroxylation is 1. The van der Waals surface area contributed by atoms with E-state index in [2.05, 4.69) is 21.5 Å². The molecule has 1 aromatic carbocycles. The van der Waals surface area contributed by atoms with Crippen molar-refractivity contribution in [2.24, 2.45) is 7.05 Å². The molecule has 6 nitrogen and oxygen atoms in total. The first-order valence-electron chi connectivity index (χ1n) is 9.31. The smallest absolute Gasteiger partial charge is 0.269 e. The number of nitriles is 1. The first-order chi connectivity index (χ1) is 13.9. The van der Waals surface area contributed by atoms with Gasteiger partial charge in [-0.25, -0.2) is 13.8 Å². The summed E-state index contributed by atoms with van der Waals surface area (Å²) in [5.41, 5.74) is 3.52. The van der Waals surface area contributed by atoms with Gasteiger partial charge in [-0.3, -0.25) is 9.48 Å². The number of benzene rings is 1. The Bertz CT molecular complexity index is 1080. The number of fused-ring (bicyclic) bond motifs is 1. The maximum atomic E-state index is 12.6. The normalized spacial score (nSPS) is 11.0. The molecule has 1 amide bonds. The van der Waals surface area contributed by atoms with Gasteiger partial charge >= 0.3 is 0 Å². The first kappa shape index (κ1) is 20.4. The number of nitrogens with zero attached hydrogens (tertiary/aromatic N) is 4. The Hall–Kier alpha value is -3.34. The number of rotatable bonds is 7. The van der Waals surface area contributed by atoms with Crippen molar-refractivity contribution in [1.29, 1.82) is 5.26 Å². The molecule has 3 rings (SSSR count). The lowest BCUT2D eigenvalue weighted by atomic mass is 9.98. The number of alkyl halides is 2. The molecule has 0 saturated heterocycles. The van der Waals surface area contributed by atoms with E-state index < -0.39 is 12.3 Å². The third kappa shape index (κ3) is 4.40. The van der Waals surface area contributed by atoms with Crippen LogP contribution in [0, 0.1) is 18.3 Å². The van der Waals surface area contributed by atoms with E-state index in [1.54, 1.807) is 29.1 Å². The van der Waals surface area contributed by atoms with Crippen LogP contribution in [-0.4, -0.2) is 33.6 Å². The van der Waals surface area contributed by atoms with Crippen LogP contribution in [-0.2, 0) is 7.05 Å². The summed E-state index contributed by atoms with van der Waals surface area (Å²) >= 11 is 0. The third-order valence-electron chi connectivity index (χ3n) is 4.85. The maximum absolute atomic E-state index is 12.6. The molecule has 0 radical (unpaired) electrons. The SMILES string of the molecule is Cc1c(-c2cc(C(=O)NCCCCC(F)F)nc3c(C#N)cccc23)cnn1C. The van der Waals surface area contributed by atoms with Crippen LogP contribution in [0.15, 0.2) is 30.5 Å². The highest BCUT2D eigenvalue weighted by atomic mass is 19.3. The lowest BCUT2D eigenvalue weighted by Gasteiger charge is -2.11. The van der Waals surface area contributed by atoms with Crippen LogP contribution in [0.5, 0.6) is 0 Å². The molecule has 0 unspecified atom stereocenters. The predicted molar refractivity (Wildman–Crippen MR) is 106 cm³/mol. The highest BCUT2D eigenvalue weighted by Gasteiger charge is 2.17. The van der Waals surface area contributed by atoms with Gasteiger partial charge in [-0.1, -0.05) is 12.1 Å². The standard InChI is InChI=1S/C21H21F2N5O/c1-13-17(12-26-28(13)2)16-10-18(21(29)25-9-4-3-8-19(22)23)27-20-14(11-24)6-5-7-15(16)20/h5-7,10,12,19H,3-4,8-9H2,1-2H3,(H,25,29). The third-order valence-corrected chi connectivity index (χ3v) is 4.85. The molecule has 3 aromatic rings. The molecule has 0 bridgehead atoms. The number of hydrogen-bond donors (Lipinski definition) is 1. The zero-order valence-corrected chi connectivity index (χ0v) is 16.2. The number of pyridine rings is 1. The van der Waals surface area contributed by atoms with E-state index in [1.165, 1.54) is 0 Å². The van der Waals surface area contributed by atoms with Crippen LogP contribution in [0.25, 0.3) is 22.0 Å². The Labute approximate surface area is 167 Å². The second-order valence-electron chi connectivity index (χ2n) is 6.78. The van der Waals surface area contributed by atoms with Crippen molar-refractivity contribution in [2.75, 3.05) is 6.54 Å². The quantitative estimate of drug-likeness (QED) is 0.611. The summed E-state index contributed by atoms with van der Waals surface area (Å²) in [4.78, 5) is 17.0. The van der Waals surface area contributed by atoms with Crippen LogP contribution < -0.4 is 5.32 Å². The number of para-hydroxylation sites is 1. The van der Waals surface area contributed by atoms with Crippen LogP contribution >= 0.6 is 0 Å². The summed E-state index contributed by atoms with van der Waals surface area (Å²) in [6.45, 7) is 2.21. The monoisotopic (exact) mass is 397 g/mol. The van der Waals surface area contributed by atoms with E-state index in [4.69, 9.17) is 0 Å². The zero-order valence-electron chi connectivity index (χ0n) is 16.2. The molecule has 29 heavy (non-hydrogen) atoms. The van der Waals surface area contributed by atoms with Crippen molar-refractivity contribution in [1.82, 2.24) is 20.1 Å². The van der Waals surface area contributed by atoms with E-state index in [-0.39, 0.29) is 18.7 Å². The van der Waals surface area contributed by atoms with Crippen molar-refractivity contribution in [2.45, 2.75) is 32.6 Å². The topological polar surface area (TPSA) is 83.6 Å². The summed E-state index contributed by atoms with van der Waals surface area (Å²) in [5, 5.41) is 17.2. The number of carbonyl (C=O) groups excluding carboxylic acids is 1. The Morgan fingerprint density at radius 1 is 1.31 bits per heavy atom. The minimum Gasteiger partial charge on any atom is -0.351 e. The van der Waals surface area contributed by atoms with E-state index >= 15 is 0 Å². The number of halogens is 2. The molecule has 0 saturated carbocycles. The first-order valence-corrected chi connectivity index (χ1v) is 9.31. The Kier molecular flexibility index (Phi) is 6.17. The maximum Gasteiger partial charge on any atom is 0.269 e. The van der Waals surface area contributed by atoms with Crippen LogP contribution in [0.2, 0.25) is 0 Å². The number of hydrogen-bond acceptors (Lipinski definition) is 4. The second-order valence-corrected chi connectivity index (χ2v) is 6.78. The van der Waals surface area contributed by atoms with Crippen molar-refractivity contribution in [3.63, 3.8) is 0 Å². The van der Waals surface area contributed by atoms with Gasteiger partial charge in [-0.05, 0) is 37.5 Å². The molecular weight excluding hydrogens is 376 g/mol. The summed E-state index contributed by atoms with van der Waals surface area (Å²) < 4.78 is 26.2. The van der Waals surface area contributed by atoms with Gasteiger partial charge in [0.15, 0.2) is 0 Å². The van der Waals surface area contributed by atoms with Gasteiger partial charge in [0.2, 0.25) is 6.43 Å². The average molecular weight is 397 g/mol.